The second-order valence-corrected chi connectivity index (χ2v) is 7.03. The van der Waals surface area contributed by atoms with Gasteiger partial charge in [-0.25, -0.2) is 4.98 Å². The number of aromatic nitrogens is 1. The van der Waals surface area contributed by atoms with Crippen molar-refractivity contribution in [1.29, 1.82) is 0 Å². The van der Waals surface area contributed by atoms with Crippen molar-refractivity contribution in [2.45, 2.75) is 20.0 Å². The number of hydrogen-bond acceptors (Lipinski definition) is 4. The Hall–Kier alpha value is -2.37. The molecule has 6 heteroatoms. The summed E-state index contributed by atoms with van der Waals surface area (Å²) in [5, 5.41) is 6.13. The number of halogens is 1. The lowest BCUT2D eigenvalue weighted by Crippen LogP contribution is -2.24. The predicted octanol–water partition coefficient (Wildman–Crippen LogP) is 5.18. The zero-order valence-corrected chi connectivity index (χ0v) is 15.9. The fourth-order valence-corrected chi connectivity index (χ4v) is 3.35. The normalized spacial score (nSPS) is 10.5. The van der Waals surface area contributed by atoms with Gasteiger partial charge in [0, 0.05) is 22.5 Å². The Morgan fingerprint density at radius 2 is 2.04 bits per heavy atom. The van der Waals surface area contributed by atoms with E-state index >= 15 is 0 Å². The number of ether oxygens (including phenoxy) is 1. The molecule has 0 saturated heterocycles. The first-order chi connectivity index (χ1) is 12.7. The molecule has 26 heavy (non-hydrogen) atoms. The summed E-state index contributed by atoms with van der Waals surface area (Å²) >= 11 is 7.43. The van der Waals surface area contributed by atoms with Crippen LogP contribution in [0.4, 0.5) is 0 Å². The highest BCUT2D eigenvalue weighted by Crippen LogP contribution is 2.26. The van der Waals surface area contributed by atoms with Crippen LogP contribution in [0.3, 0.4) is 0 Å². The van der Waals surface area contributed by atoms with Crippen molar-refractivity contribution < 1.29 is 9.53 Å². The molecule has 0 spiro atoms. The van der Waals surface area contributed by atoms with E-state index in [1.54, 1.807) is 5.38 Å². The van der Waals surface area contributed by atoms with E-state index in [9.17, 15) is 4.79 Å². The van der Waals surface area contributed by atoms with Crippen molar-refractivity contribution in [3.05, 3.63) is 70.2 Å². The van der Waals surface area contributed by atoms with Crippen LogP contribution in [0.2, 0.25) is 5.02 Å². The van der Waals surface area contributed by atoms with Gasteiger partial charge in [0.05, 0.1) is 0 Å². The summed E-state index contributed by atoms with van der Waals surface area (Å²) in [6.07, 6.45) is 0.902. The van der Waals surface area contributed by atoms with Crippen molar-refractivity contribution >= 4 is 28.8 Å². The van der Waals surface area contributed by atoms with Crippen LogP contribution in [-0.4, -0.2) is 17.4 Å². The second-order valence-electron chi connectivity index (χ2n) is 5.74. The Labute approximate surface area is 161 Å². The monoisotopic (exact) mass is 386 g/mol. The van der Waals surface area contributed by atoms with E-state index in [0.29, 0.717) is 23.9 Å². The molecule has 1 N–H and O–H groups in total. The summed E-state index contributed by atoms with van der Waals surface area (Å²) in [6.45, 7) is 3.13. The topological polar surface area (TPSA) is 51.2 Å². The number of rotatable bonds is 7. The average molecular weight is 387 g/mol. The molecule has 0 atom stereocenters. The number of benzene rings is 2. The van der Waals surface area contributed by atoms with E-state index in [1.165, 1.54) is 11.3 Å². The van der Waals surface area contributed by atoms with Gasteiger partial charge in [0.25, 0.3) is 5.91 Å². The second kappa shape index (κ2) is 8.83. The van der Waals surface area contributed by atoms with Crippen LogP contribution >= 0.6 is 22.9 Å². The fraction of sp³-hybridized carbons (Fsp3) is 0.200. The zero-order valence-electron chi connectivity index (χ0n) is 14.4. The minimum atomic E-state index is -0.129. The minimum Gasteiger partial charge on any atom is -0.489 e. The summed E-state index contributed by atoms with van der Waals surface area (Å²) < 4.78 is 5.79. The van der Waals surface area contributed by atoms with Crippen molar-refractivity contribution in [3.8, 4) is 16.3 Å². The van der Waals surface area contributed by atoms with Gasteiger partial charge in [0.1, 0.15) is 23.1 Å². The van der Waals surface area contributed by atoms with Gasteiger partial charge in [-0.3, -0.25) is 4.79 Å². The van der Waals surface area contributed by atoms with Gasteiger partial charge in [-0.2, -0.15) is 0 Å². The third kappa shape index (κ3) is 4.84. The number of carbonyl (C=O) groups is 1. The van der Waals surface area contributed by atoms with Crippen LogP contribution in [0.1, 0.15) is 29.4 Å². The van der Waals surface area contributed by atoms with Crippen LogP contribution in [0, 0.1) is 0 Å². The summed E-state index contributed by atoms with van der Waals surface area (Å²) in [6, 6.07) is 15.3. The summed E-state index contributed by atoms with van der Waals surface area (Å²) in [4.78, 5) is 16.4. The summed E-state index contributed by atoms with van der Waals surface area (Å²) in [5.41, 5.74) is 2.43. The molecule has 3 aromatic rings. The molecule has 0 aliphatic rings. The average Bonchev–Trinajstić information content (AvgIpc) is 3.15. The standard InChI is InChI=1S/C20H19ClN2O2S/c1-2-10-22-19(24)18-13-26-20(23-18)15-6-8-17(9-7-15)25-12-14-4-3-5-16(21)11-14/h3-9,11,13H,2,10,12H2,1H3,(H,22,24). The van der Waals surface area contributed by atoms with Crippen molar-refractivity contribution in [2.24, 2.45) is 0 Å². The predicted molar refractivity (Wildman–Crippen MR) is 106 cm³/mol. The van der Waals surface area contributed by atoms with E-state index in [-0.39, 0.29) is 5.91 Å². The Bertz CT molecular complexity index is 878. The van der Waals surface area contributed by atoms with Gasteiger partial charge >= 0.3 is 0 Å². The molecule has 4 nitrogen and oxygen atoms in total. The smallest absolute Gasteiger partial charge is 0.270 e. The third-order valence-corrected chi connectivity index (χ3v) is 4.79. The first-order valence-corrected chi connectivity index (χ1v) is 9.63. The number of amides is 1. The van der Waals surface area contributed by atoms with Crippen molar-refractivity contribution in [3.63, 3.8) is 0 Å². The molecule has 1 heterocycles. The Morgan fingerprint density at radius 1 is 1.23 bits per heavy atom. The van der Waals surface area contributed by atoms with E-state index in [2.05, 4.69) is 10.3 Å². The Kier molecular flexibility index (Phi) is 6.26. The lowest BCUT2D eigenvalue weighted by Gasteiger charge is -2.07. The van der Waals surface area contributed by atoms with Crippen molar-refractivity contribution in [2.75, 3.05) is 6.54 Å². The molecular weight excluding hydrogens is 368 g/mol. The first kappa shape index (κ1) is 18.4. The van der Waals surface area contributed by atoms with E-state index < -0.39 is 0 Å². The maximum atomic E-state index is 11.9. The van der Waals surface area contributed by atoms with Gasteiger partial charge in [0.15, 0.2) is 0 Å². The van der Waals surface area contributed by atoms with Gasteiger partial charge in [0.2, 0.25) is 0 Å². The quantitative estimate of drug-likeness (QED) is 0.608. The Morgan fingerprint density at radius 3 is 2.77 bits per heavy atom. The van der Waals surface area contributed by atoms with Gasteiger partial charge in [-0.05, 0) is 48.4 Å². The molecule has 2 aromatic carbocycles. The number of nitrogens with one attached hydrogen (secondary N) is 1. The number of carbonyl (C=O) groups excluding carboxylic acids is 1. The fourth-order valence-electron chi connectivity index (χ4n) is 2.33. The maximum Gasteiger partial charge on any atom is 0.270 e. The summed E-state index contributed by atoms with van der Waals surface area (Å²) in [7, 11) is 0. The van der Waals surface area contributed by atoms with Gasteiger partial charge in [-0.1, -0.05) is 30.7 Å². The Balaban J connectivity index is 1.62. The number of nitrogens with zero attached hydrogens (tertiary/aromatic N) is 1. The molecule has 0 radical (unpaired) electrons. The molecule has 1 aromatic heterocycles. The lowest BCUT2D eigenvalue weighted by molar-refractivity contribution is 0.0949. The van der Waals surface area contributed by atoms with Crippen LogP contribution in [-0.2, 0) is 6.61 Å². The number of hydrogen-bond donors (Lipinski definition) is 1. The highest BCUT2D eigenvalue weighted by atomic mass is 35.5. The zero-order chi connectivity index (χ0) is 18.4. The van der Waals surface area contributed by atoms with Gasteiger partial charge < -0.3 is 10.1 Å². The van der Waals surface area contributed by atoms with Crippen LogP contribution in [0.5, 0.6) is 5.75 Å². The highest BCUT2D eigenvalue weighted by molar-refractivity contribution is 7.13. The molecule has 0 aliphatic heterocycles. The minimum absolute atomic E-state index is 0.129. The molecule has 1 amide bonds. The van der Waals surface area contributed by atoms with Crippen LogP contribution < -0.4 is 10.1 Å². The SMILES string of the molecule is CCCNC(=O)c1csc(-c2ccc(OCc3cccc(Cl)c3)cc2)n1. The summed E-state index contributed by atoms with van der Waals surface area (Å²) in [5.74, 6) is 0.641. The largest absolute Gasteiger partial charge is 0.489 e. The van der Waals surface area contributed by atoms with E-state index in [0.717, 1.165) is 28.3 Å². The van der Waals surface area contributed by atoms with Crippen LogP contribution in [0.25, 0.3) is 10.6 Å². The molecule has 0 fully saturated rings. The number of thiazole rings is 1. The molecule has 0 aliphatic carbocycles. The van der Waals surface area contributed by atoms with E-state index in [4.69, 9.17) is 16.3 Å². The van der Waals surface area contributed by atoms with E-state index in [1.807, 2.05) is 55.5 Å². The van der Waals surface area contributed by atoms with Gasteiger partial charge in [-0.15, -0.1) is 11.3 Å². The molecule has 0 bridgehead atoms. The molecule has 3 rings (SSSR count). The molecular formula is C20H19ClN2O2S. The lowest BCUT2D eigenvalue weighted by atomic mass is 10.2. The van der Waals surface area contributed by atoms with Crippen molar-refractivity contribution in [1.82, 2.24) is 10.3 Å². The third-order valence-electron chi connectivity index (χ3n) is 3.67. The highest BCUT2D eigenvalue weighted by Gasteiger charge is 2.11. The first-order valence-electron chi connectivity index (χ1n) is 8.37. The maximum absolute atomic E-state index is 11.9. The molecule has 0 unspecified atom stereocenters. The van der Waals surface area contributed by atoms with Crippen LogP contribution in [0.15, 0.2) is 53.9 Å². The molecule has 0 saturated carbocycles. The molecule has 134 valence electrons.